The van der Waals surface area contributed by atoms with Gasteiger partial charge in [-0.3, -0.25) is 19.2 Å². The molecular weight excluding hydrogens is 340 g/mol. The lowest BCUT2D eigenvalue weighted by Crippen LogP contribution is -2.62. The lowest BCUT2D eigenvalue weighted by atomic mass is 9.98. The third kappa shape index (κ3) is 6.31. The second-order valence-electron chi connectivity index (χ2n) is 5.30. The van der Waals surface area contributed by atoms with E-state index in [1.807, 2.05) is 0 Å². The molecule has 1 fully saturated rings. The Morgan fingerprint density at radius 2 is 1.24 bits per heavy atom. The monoisotopic (exact) mass is 362 g/mol. The second kappa shape index (κ2) is 9.33. The molecule has 3 unspecified atom stereocenters. The van der Waals surface area contributed by atoms with Crippen molar-refractivity contribution in [1.82, 2.24) is 0 Å². The molecule has 0 aromatic heterocycles. The van der Waals surface area contributed by atoms with Crippen LogP contribution in [0.25, 0.3) is 0 Å². The maximum atomic E-state index is 11.5. The zero-order valence-electron chi connectivity index (χ0n) is 14.7. The average Bonchev–Trinajstić information content (AvgIpc) is 2.48. The Morgan fingerprint density at radius 1 is 0.760 bits per heavy atom. The van der Waals surface area contributed by atoms with Gasteiger partial charge >= 0.3 is 23.9 Å². The Bertz CT molecular complexity index is 516. The molecule has 1 aliphatic rings. The number of methoxy groups -OCH3 is 1. The Morgan fingerprint density at radius 3 is 1.68 bits per heavy atom. The standard InChI is InChI=1S/C15H22O10/c1-7(16)21-6-11-12(22-8(2)17)13(23-9(3)18)14(24-10(4)19)15(20-5)25-11/h11-15H,6H2,1-5H3/t11?,12-,13?,14?,15+/m0/s1. The van der Waals surface area contributed by atoms with E-state index in [1.54, 1.807) is 0 Å². The van der Waals surface area contributed by atoms with Crippen LogP contribution in [0.5, 0.6) is 0 Å². The first-order valence-corrected chi connectivity index (χ1v) is 7.49. The number of carbonyl (C=O) groups is 4. The first-order valence-electron chi connectivity index (χ1n) is 7.49. The van der Waals surface area contributed by atoms with Gasteiger partial charge in [0.25, 0.3) is 0 Å². The number of ether oxygens (including phenoxy) is 6. The van der Waals surface area contributed by atoms with E-state index in [0.717, 1.165) is 20.8 Å². The van der Waals surface area contributed by atoms with Crippen LogP contribution < -0.4 is 0 Å². The van der Waals surface area contributed by atoms with Gasteiger partial charge in [0.1, 0.15) is 12.7 Å². The highest BCUT2D eigenvalue weighted by molar-refractivity contribution is 5.68. The first-order chi connectivity index (χ1) is 11.6. The molecule has 25 heavy (non-hydrogen) atoms. The molecule has 10 nitrogen and oxygen atoms in total. The Labute approximate surface area is 144 Å². The molecule has 0 aromatic rings. The minimum atomic E-state index is -1.20. The highest BCUT2D eigenvalue weighted by Gasteiger charge is 2.52. The minimum absolute atomic E-state index is 0.280. The Kier molecular flexibility index (Phi) is 7.78. The second-order valence-corrected chi connectivity index (χ2v) is 5.30. The Balaban J connectivity index is 3.18. The summed E-state index contributed by atoms with van der Waals surface area (Å²) in [6.07, 6.45) is -5.67. The molecule has 1 saturated heterocycles. The number of esters is 4. The van der Waals surface area contributed by atoms with Gasteiger partial charge in [-0.15, -0.1) is 0 Å². The smallest absolute Gasteiger partial charge is 0.303 e. The van der Waals surface area contributed by atoms with Crippen molar-refractivity contribution < 1.29 is 47.6 Å². The van der Waals surface area contributed by atoms with Crippen LogP contribution in [-0.2, 0) is 47.6 Å². The van der Waals surface area contributed by atoms with Crippen LogP contribution in [0.3, 0.4) is 0 Å². The summed E-state index contributed by atoms with van der Waals surface area (Å²) in [6.45, 7) is 4.37. The van der Waals surface area contributed by atoms with E-state index < -0.39 is 54.6 Å². The summed E-state index contributed by atoms with van der Waals surface area (Å²) in [7, 11) is 1.29. The van der Waals surface area contributed by atoms with Gasteiger partial charge in [0.15, 0.2) is 24.6 Å². The largest absolute Gasteiger partial charge is 0.463 e. The SMILES string of the molecule is CO[C@@H]1OC(COC(C)=O)[C@H](OC(C)=O)C(OC(C)=O)C1OC(C)=O. The average molecular weight is 362 g/mol. The molecular formula is C15H22O10. The minimum Gasteiger partial charge on any atom is -0.463 e. The molecule has 0 bridgehead atoms. The molecule has 1 heterocycles. The fourth-order valence-corrected chi connectivity index (χ4v) is 2.38. The summed E-state index contributed by atoms with van der Waals surface area (Å²) >= 11 is 0. The highest BCUT2D eigenvalue weighted by Crippen LogP contribution is 2.29. The van der Waals surface area contributed by atoms with Crippen LogP contribution in [0.15, 0.2) is 0 Å². The third-order valence-electron chi connectivity index (χ3n) is 3.18. The molecule has 0 aliphatic carbocycles. The van der Waals surface area contributed by atoms with Crippen LogP contribution in [-0.4, -0.2) is 68.3 Å². The van der Waals surface area contributed by atoms with Crippen molar-refractivity contribution in [3.8, 4) is 0 Å². The molecule has 0 saturated carbocycles. The lowest BCUT2D eigenvalue weighted by Gasteiger charge is -2.43. The number of rotatable bonds is 6. The van der Waals surface area contributed by atoms with Gasteiger partial charge in [-0.1, -0.05) is 0 Å². The summed E-state index contributed by atoms with van der Waals surface area (Å²) in [5.74, 6) is -2.63. The van der Waals surface area contributed by atoms with Crippen LogP contribution >= 0.6 is 0 Å². The maximum absolute atomic E-state index is 11.5. The van der Waals surface area contributed by atoms with Gasteiger partial charge in [-0.25, -0.2) is 0 Å². The van der Waals surface area contributed by atoms with E-state index in [0.29, 0.717) is 0 Å². The number of hydrogen-bond donors (Lipinski definition) is 0. The van der Waals surface area contributed by atoms with Crippen LogP contribution in [0.1, 0.15) is 27.7 Å². The van der Waals surface area contributed by atoms with Gasteiger partial charge in [-0.05, 0) is 0 Å². The van der Waals surface area contributed by atoms with Crippen molar-refractivity contribution in [2.75, 3.05) is 13.7 Å². The van der Waals surface area contributed by atoms with E-state index in [2.05, 4.69) is 0 Å². The van der Waals surface area contributed by atoms with Gasteiger partial charge < -0.3 is 28.4 Å². The van der Waals surface area contributed by atoms with Crippen LogP contribution in [0.2, 0.25) is 0 Å². The normalized spacial score (nSPS) is 28.6. The number of carbonyl (C=O) groups excluding carboxylic acids is 4. The topological polar surface area (TPSA) is 124 Å². The summed E-state index contributed by atoms with van der Waals surface area (Å²) in [5, 5.41) is 0. The van der Waals surface area contributed by atoms with Crippen molar-refractivity contribution in [2.24, 2.45) is 0 Å². The molecule has 0 radical (unpaired) electrons. The van der Waals surface area contributed by atoms with E-state index in [-0.39, 0.29) is 6.61 Å². The zero-order chi connectivity index (χ0) is 19.1. The molecule has 0 N–H and O–H groups in total. The van der Waals surface area contributed by atoms with Crippen molar-refractivity contribution in [3.05, 3.63) is 0 Å². The first kappa shape index (κ1) is 20.8. The summed E-state index contributed by atoms with van der Waals surface area (Å²) in [4.78, 5) is 45.4. The van der Waals surface area contributed by atoms with E-state index in [9.17, 15) is 19.2 Å². The lowest BCUT2D eigenvalue weighted by molar-refractivity contribution is -0.302. The molecule has 0 spiro atoms. The van der Waals surface area contributed by atoms with Crippen molar-refractivity contribution in [3.63, 3.8) is 0 Å². The predicted molar refractivity (Wildman–Crippen MR) is 79.0 cm³/mol. The molecule has 1 aliphatic heterocycles. The van der Waals surface area contributed by atoms with Crippen molar-refractivity contribution in [2.45, 2.75) is 58.4 Å². The van der Waals surface area contributed by atoms with Gasteiger partial charge in [0.2, 0.25) is 0 Å². The predicted octanol–water partition coefficient (Wildman–Crippen LogP) is -0.284. The van der Waals surface area contributed by atoms with Crippen molar-refractivity contribution in [1.29, 1.82) is 0 Å². The van der Waals surface area contributed by atoms with Crippen molar-refractivity contribution >= 4 is 23.9 Å². The molecule has 142 valence electrons. The van der Waals surface area contributed by atoms with E-state index in [1.165, 1.54) is 14.0 Å². The molecule has 5 atom stereocenters. The van der Waals surface area contributed by atoms with Gasteiger partial charge in [-0.2, -0.15) is 0 Å². The maximum Gasteiger partial charge on any atom is 0.303 e. The van der Waals surface area contributed by atoms with E-state index >= 15 is 0 Å². The summed E-state index contributed by atoms with van der Waals surface area (Å²) in [6, 6.07) is 0. The van der Waals surface area contributed by atoms with Gasteiger partial charge in [0.05, 0.1) is 0 Å². The Hall–Kier alpha value is -2.20. The number of hydrogen-bond acceptors (Lipinski definition) is 10. The summed E-state index contributed by atoms with van der Waals surface area (Å²) in [5.41, 5.74) is 0. The molecule has 0 aromatic carbocycles. The fourth-order valence-electron chi connectivity index (χ4n) is 2.38. The van der Waals surface area contributed by atoms with Crippen LogP contribution in [0.4, 0.5) is 0 Å². The van der Waals surface area contributed by atoms with Gasteiger partial charge in [0, 0.05) is 34.8 Å². The quantitative estimate of drug-likeness (QED) is 0.460. The third-order valence-corrected chi connectivity index (χ3v) is 3.18. The molecule has 0 amide bonds. The fraction of sp³-hybridized carbons (Fsp3) is 0.733. The molecule has 1 rings (SSSR count). The summed E-state index contributed by atoms with van der Waals surface area (Å²) < 4.78 is 31.1. The zero-order valence-corrected chi connectivity index (χ0v) is 14.7. The molecule has 10 heteroatoms. The van der Waals surface area contributed by atoms with Crippen LogP contribution in [0, 0.1) is 0 Å². The van der Waals surface area contributed by atoms with E-state index in [4.69, 9.17) is 28.4 Å². The highest BCUT2D eigenvalue weighted by atomic mass is 16.7.